The number of hydrogen-bond acceptors (Lipinski definition) is 2. The van der Waals surface area contributed by atoms with Crippen molar-refractivity contribution in [2.45, 2.75) is 71.0 Å². The van der Waals surface area contributed by atoms with Crippen molar-refractivity contribution >= 4 is 0 Å². The predicted octanol–water partition coefficient (Wildman–Crippen LogP) is 2.48. The molecule has 0 aromatic heterocycles. The maximum absolute atomic E-state index is 10.1. The van der Waals surface area contributed by atoms with Gasteiger partial charge in [-0.15, -0.1) is 0 Å². The first-order chi connectivity index (χ1) is 6.67. The van der Waals surface area contributed by atoms with Crippen LogP contribution >= 0.6 is 0 Å². The Labute approximate surface area is 87.3 Å². The summed E-state index contributed by atoms with van der Waals surface area (Å²) >= 11 is 0. The zero-order valence-electron chi connectivity index (χ0n) is 9.50. The van der Waals surface area contributed by atoms with E-state index in [9.17, 15) is 10.2 Å². The number of hydrogen-bond donors (Lipinski definition) is 2. The van der Waals surface area contributed by atoms with Gasteiger partial charge in [0, 0.05) is 5.41 Å². The van der Waals surface area contributed by atoms with Gasteiger partial charge in [0.2, 0.25) is 0 Å². The van der Waals surface area contributed by atoms with E-state index in [0.717, 1.165) is 44.9 Å². The molecular weight excluding hydrogens is 176 g/mol. The second-order valence-electron chi connectivity index (χ2n) is 4.65. The van der Waals surface area contributed by atoms with Crippen LogP contribution in [0, 0.1) is 5.41 Å². The number of aliphatic hydroxyl groups is 2. The zero-order chi connectivity index (χ0) is 10.6. The first-order valence-corrected chi connectivity index (χ1v) is 6.03. The lowest BCUT2D eigenvalue weighted by molar-refractivity contribution is -0.108. The molecule has 84 valence electrons. The lowest BCUT2D eigenvalue weighted by Gasteiger charge is -2.45. The van der Waals surface area contributed by atoms with E-state index < -0.39 is 0 Å². The average Bonchev–Trinajstić information content (AvgIpc) is 2.18. The van der Waals surface area contributed by atoms with Crippen molar-refractivity contribution in [1.82, 2.24) is 0 Å². The van der Waals surface area contributed by atoms with Crippen molar-refractivity contribution < 1.29 is 10.2 Å². The Morgan fingerprint density at radius 1 is 1.14 bits per heavy atom. The highest BCUT2D eigenvalue weighted by Gasteiger charge is 2.44. The Morgan fingerprint density at radius 3 is 2.14 bits per heavy atom. The van der Waals surface area contributed by atoms with E-state index in [1.807, 2.05) is 0 Å². The Kier molecular flexibility index (Phi) is 4.39. The highest BCUT2D eigenvalue weighted by molar-refractivity contribution is 4.94. The summed E-state index contributed by atoms with van der Waals surface area (Å²) in [5.74, 6) is 0. The van der Waals surface area contributed by atoms with Gasteiger partial charge in [-0.3, -0.25) is 0 Å². The number of rotatable bonds is 4. The lowest BCUT2D eigenvalue weighted by atomic mass is 9.65. The average molecular weight is 200 g/mol. The molecule has 14 heavy (non-hydrogen) atoms. The van der Waals surface area contributed by atoms with E-state index in [4.69, 9.17) is 0 Å². The molecule has 1 saturated carbocycles. The molecule has 1 aliphatic rings. The molecule has 0 saturated heterocycles. The van der Waals surface area contributed by atoms with Crippen LogP contribution in [0.3, 0.4) is 0 Å². The van der Waals surface area contributed by atoms with E-state index in [1.54, 1.807) is 0 Å². The summed E-state index contributed by atoms with van der Waals surface area (Å²) in [4.78, 5) is 0. The van der Waals surface area contributed by atoms with Crippen LogP contribution in [0.2, 0.25) is 0 Å². The summed E-state index contributed by atoms with van der Waals surface area (Å²) in [5, 5.41) is 20.1. The van der Waals surface area contributed by atoms with Crippen molar-refractivity contribution in [3.05, 3.63) is 0 Å². The molecule has 2 atom stereocenters. The Morgan fingerprint density at radius 2 is 1.71 bits per heavy atom. The van der Waals surface area contributed by atoms with Gasteiger partial charge in [-0.05, 0) is 32.1 Å². The van der Waals surface area contributed by atoms with Gasteiger partial charge in [0.05, 0.1) is 12.2 Å². The maximum Gasteiger partial charge on any atom is 0.0621 e. The first-order valence-electron chi connectivity index (χ1n) is 6.03. The molecule has 0 radical (unpaired) electrons. The molecule has 0 aliphatic heterocycles. The molecule has 1 rings (SSSR count). The molecular formula is C12H24O2. The summed E-state index contributed by atoms with van der Waals surface area (Å²) in [6.45, 7) is 4.25. The van der Waals surface area contributed by atoms with Crippen LogP contribution < -0.4 is 0 Å². The van der Waals surface area contributed by atoms with Crippen molar-refractivity contribution in [2.75, 3.05) is 0 Å². The minimum atomic E-state index is -0.289. The third kappa shape index (κ3) is 2.12. The topological polar surface area (TPSA) is 40.5 Å². The van der Waals surface area contributed by atoms with Gasteiger partial charge in [0.15, 0.2) is 0 Å². The molecule has 0 amide bonds. The fourth-order valence-corrected chi connectivity index (χ4v) is 2.79. The molecule has 2 N–H and O–H groups in total. The quantitative estimate of drug-likeness (QED) is 0.732. The summed E-state index contributed by atoms with van der Waals surface area (Å²) < 4.78 is 0. The van der Waals surface area contributed by atoms with Crippen molar-refractivity contribution in [3.8, 4) is 0 Å². The van der Waals surface area contributed by atoms with Gasteiger partial charge >= 0.3 is 0 Å². The van der Waals surface area contributed by atoms with Crippen LogP contribution in [0.25, 0.3) is 0 Å². The highest BCUT2D eigenvalue weighted by atomic mass is 16.3. The maximum atomic E-state index is 10.1. The van der Waals surface area contributed by atoms with E-state index in [0.29, 0.717) is 0 Å². The minimum absolute atomic E-state index is 0.200. The SMILES string of the molecule is CCCCC1(CC)C(O)CCCC1O. The third-order valence-corrected chi connectivity index (χ3v) is 3.94. The largest absolute Gasteiger partial charge is 0.392 e. The molecule has 2 heteroatoms. The molecule has 0 aromatic carbocycles. The normalized spacial score (nSPS) is 38.6. The molecule has 2 nitrogen and oxygen atoms in total. The van der Waals surface area contributed by atoms with Crippen LogP contribution in [0.15, 0.2) is 0 Å². The van der Waals surface area contributed by atoms with Gasteiger partial charge < -0.3 is 10.2 Å². The molecule has 1 fully saturated rings. The number of unbranched alkanes of at least 4 members (excludes halogenated alkanes) is 1. The van der Waals surface area contributed by atoms with Crippen LogP contribution in [-0.2, 0) is 0 Å². The van der Waals surface area contributed by atoms with Crippen LogP contribution in [0.5, 0.6) is 0 Å². The molecule has 0 aromatic rings. The van der Waals surface area contributed by atoms with Gasteiger partial charge in [-0.25, -0.2) is 0 Å². The second-order valence-corrected chi connectivity index (χ2v) is 4.65. The highest BCUT2D eigenvalue weighted by Crippen LogP contribution is 2.43. The van der Waals surface area contributed by atoms with Gasteiger partial charge in [-0.2, -0.15) is 0 Å². The summed E-state index contributed by atoms with van der Waals surface area (Å²) in [5.41, 5.74) is -0.200. The first kappa shape index (κ1) is 12.0. The van der Waals surface area contributed by atoms with Crippen LogP contribution in [0.4, 0.5) is 0 Å². The monoisotopic (exact) mass is 200 g/mol. The van der Waals surface area contributed by atoms with Crippen molar-refractivity contribution in [2.24, 2.45) is 5.41 Å². The Balaban J connectivity index is 2.69. The predicted molar refractivity (Wildman–Crippen MR) is 58.1 cm³/mol. The van der Waals surface area contributed by atoms with Gasteiger partial charge in [0.25, 0.3) is 0 Å². The van der Waals surface area contributed by atoms with Crippen molar-refractivity contribution in [3.63, 3.8) is 0 Å². The van der Waals surface area contributed by atoms with Gasteiger partial charge in [0.1, 0.15) is 0 Å². The number of aliphatic hydroxyl groups excluding tert-OH is 2. The van der Waals surface area contributed by atoms with E-state index in [2.05, 4.69) is 13.8 Å². The van der Waals surface area contributed by atoms with Crippen molar-refractivity contribution in [1.29, 1.82) is 0 Å². The molecule has 2 unspecified atom stereocenters. The molecule has 1 aliphatic carbocycles. The summed E-state index contributed by atoms with van der Waals surface area (Å²) in [6.07, 6.45) is 6.26. The smallest absolute Gasteiger partial charge is 0.0621 e. The molecule has 0 bridgehead atoms. The summed E-state index contributed by atoms with van der Waals surface area (Å²) in [7, 11) is 0. The Bertz CT molecular complexity index is 158. The van der Waals surface area contributed by atoms with E-state index in [1.165, 1.54) is 0 Å². The fourth-order valence-electron chi connectivity index (χ4n) is 2.79. The molecule has 0 heterocycles. The third-order valence-electron chi connectivity index (χ3n) is 3.94. The minimum Gasteiger partial charge on any atom is -0.392 e. The molecule has 0 spiro atoms. The van der Waals surface area contributed by atoms with Gasteiger partial charge in [-0.1, -0.05) is 26.7 Å². The van der Waals surface area contributed by atoms with E-state index in [-0.39, 0.29) is 17.6 Å². The Hall–Kier alpha value is -0.0800. The standard InChI is InChI=1S/C12H24O2/c1-3-5-9-12(4-2)10(13)7-6-8-11(12)14/h10-11,13-14H,3-9H2,1-2H3. The zero-order valence-corrected chi connectivity index (χ0v) is 9.50. The summed E-state index contributed by atoms with van der Waals surface area (Å²) in [6, 6.07) is 0. The van der Waals surface area contributed by atoms with Crippen LogP contribution in [-0.4, -0.2) is 22.4 Å². The second kappa shape index (κ2) is 5.13. The fraction of sp³-hybridized carbons (Fsp3) is 1.00. The lowest BCUT2D eigenvalue weighted by Crippen LogP contribution is -2.48. The van der Waals surface area contributed by atoms with E-state index >= 15 is 0 Å². The van der Waals surface area contributed by atoms with Crippen LogP contribution in [0.1, 0.15) is 58.8 Å².